The van der Waals surface area contributed by atoms with E-state index in [1.54, 1.807) is 4.52 Å². The third-order valence-corrected chi connectivity index (χ3v) is 5.78. The van der Waals surface area contributed by atoms with Crippen LogP contribution in [0.25, 0.3) is 50.0 Å². The van der Waals surface area contributed by atoms with Crippen LogP contribution in [0, 0.1) is 0 Å². The molecule has 7 heteroatoms. The summed E-state index contributed by atoms with van der Waals surface area (Å²) in [5.41, 5.74) is 12.8. The summed E-state index contributed by atoms with van der Waals surface area (Å²) in [6.45, 7) is 0. The van der Waals surface area contributed by atoms with Gasteiger partial charge in [-0.2, -0.15) is 9.61 Å². The number of aromatic amines is 1. The lowest BCUT2D eigenvalue weighted by Crippen LogP contribution is -2.01. The van der Waals surface area contributed by atoms with Crippen LogP contribution < -0.4 is 5.73 Å². The summed E-state index contributed by atoms with van der Waals surface area (Å²) in [6.07, 6.45) is 4.02. The van der Waals surface area contributed by atoms with Gasteiger partial charge in [-0.3, -0.25) is 0 Å². The Kier molecular flexibility index (Phi) is 3.49. The molecule has 0 amide bonds. The quantitative estimate of drug-likeness (QED) is 0.406. The molecule has 0 saturated carbocycles. The van der Waals surface area contributed by atoms with Crippen molar-refractivity contribution < 1.29 is 0 Å². The van der Waals surface area contributed by atoms with Gasteiger partial charge in [0.15, 0.2) is 5.65 Å². The van der Waals surface area contributed by atoms with Crippen LogP contribution in [-0.4, -0.2) is 24.1 Å². The fourth-order valence-corrected chi connectivity index (χ4v) is 4.29. The highest BCUT2D eigenvalue weighted by Crippen LogP contribution is 2.33. The number of aromatic nitrogens is 5. The molecular formula is C23H17ClN6. The maximum Gasteiger partial charge on any atom is 0.158 e. The number of nitrogens with zero attached hydrogens (tertiary/aromatic N) is 4. The number of fused-ring (bicyclic) bond motifs is 3. The van der Waals surface area contributed by atoms with E-state index in [1.165, 1.54) is 0 Å². The van der Waals surface area contributed by atoms with E-state index in [0.717, 1.165) is 44.3 Å². The van der Waals surface area contributed by atoms with Gasteiger partial charge in [0.2, 0.25) is 0 Å². The number of nitrogens with one attached hydrogen (secondary N) is 1. The number of halogens is 1. The minimum atomic E-state index is 0.526. The SMILES string of the molecule is Cn1cc(-c2cc3nc(-c4c[nH]c5ccc(Cl)cc45)cc(N)n3n2)c2ccccc21. The fraction of sp³-hybridized carbons (Fsp3) is 0.0435. The van der Waals surface area contributed by atoms with Crippen LogP contribution in [-0.2, 0) is 7.05 Å². The molecule has 0 aliphatic heterocycles. The third kappa shape index (κ3) is 2.44. The van der Waals surface area contributed by atoms with Crippen molar-refractivity contribution in [3.8, 4) is 22.5 Å². The van der Waals surface area contributed by atoms with E-state index in [-0.39, 0.29) is 0 Å². The predicted octanol–water partition coefficient (Wildman–Crippen LogP) is 5.27. The zero-order chi connectivity index (χ0) is 20.4. The molecule has 0 fully saturated rings. The Morgan fingerprint density at radius 2 is 1.83 bits per heavy atom. The van der Waals surface area contributed by atoms with Gasteiger partial charge < -0.3 is 15.3 Å². The number of hydrogen-bond donors (Lipinski definition) is 2. The van der Waals surface area contributed by atoms with E-state index >= 15 is 0 Å². The molecule has 0 unspecified atom stereocenters. The van der Waals surface area contributed by atoms with Crippen molar-refractivity contribution in [2.75, 3.05) is 5.73 Å². The molecule has 0 saturated heterocycles. The van der Waals surface area contributed by atoms with Crippen LogP contribution in [0.15, 0.2) is 67.0 Å². The Morgan fingerprint density at radius 3 is 2.73 bits per heavy atom. The molecule has 2 aromatic carbocycles. The van der Waals surface area contributed by atoms with E-state index in [2.05, 4.69) is 27.9 Å². The summed E-state index contributed by atoms with van der Waals surface area (Å²) in [5.74, 6) is 0.526. The van der Waals surface area contributed by atoms with Gasteiger partial charge in [-0.15, -0.1) is 0 Å². The first-order valence-electron chi connectivity index (χ1n) is 9.56. The second-order valence-corrected chi connectivity index (χ2v) is 7.87. The second kappa shape index (κ2) is 6.11. The summed E-state index contributed by atoms with van der Waals surface area (Å²) in [4.78, 5) is 8.11. The third-order valence-electron chi connectivity index (χ3n) is 5.55. The van der Waals surface area contributed by atoms with E-state index in [9.17, 15) is 0 Å². The first kappa shape index (κ1) is 17.1. The number of hydrogen-bond acceptors (Lipinski definition) is 3. The summed E-state index contributed by atoms with van der Waals surface area (Å²) < 4.78 is 3.79. The number of aryl methyl sites for hydroxylation is 1. The molecule has 6 rings (SSSR count). The van der Waals surface area contributed by atoms with Gasteiger partial charge in [0.25, 0.3) is 0 Å². The molecule has 0 aliphatic carbocycles. The van der Waals surface area contributed by atoms with Crippen molar-refractivity contribution in [1.82, 2.24) is 24.1 Å². The van der Waals surface area contributed by atoms with Crippen molar-refractivity contribution in [3.63, 3.8) is 0 Å². The van der Waals surface area contributed by atoms with Crippen LogP contribution >= 0.6 is 11.6 Å². The number of benzene rings is 2. The summed E-state index contributed by atoms with van der Waals surface area (Å²) >= 11 is 6.21. The molecule has 0 bridgehead atoms. The summed E-state index contributed by atoms with van der Waals surface area (Å²) in [7, 11) is 2.04. The summed E-state index contributed by atoms with van der Waals surface area (Å²) in [6, 6.07) is 17.9. The molecule has 30 heavy (non-hydrogen) atoms. The highest BCUT2D eigenvalue weighted by molar-refractivity contribution is 6.31. The molecular weight excluding hydrogens is 396 g/mol. The van der Waals surface area contributed by atoms with Crippen LogP contribution in [0.4, 0.5) is 5.82 Å². The number of nitrogen functional groups attached to an aromatic ring is 1. The molecule has 4 heterocycles. The van der Waals surface area contributed by atoms with Gasteiger partial charge in [0.1, 0.15) is 5.82 Å². The number of nitrogens with two attached hydrogens (primary N) is 1. The highest BCUT2D eigenvalue weighted by Gasteiger charge is 2.16. The number of para-hydroxylation sites is 1. The largest absolute Gasteiger partial charge is 0.384 e. The van der Waals surface area contributed by atoms with E-state index < -0.39 is 0 Å². The van der Waals surface area contributed by atoms with Gasteiger partial charge in [-0.05, 0) is 24.3 Å². The maximum absolute atomic E-state index is 6.37. The molecule has 146 valence electrons. The van der Waals surface area contributed by atoms with Gasteiger partial charge in [-0.1, -0.05) is 29.8 Å². The molecule has 3 N–H and O–H groups in total. The van der Waals surface area contributed by atoms with Crippen LogP contribution in [0.5, 0.6) is 0 Å². The van der Waals surface area contributed by atoms with Gasteiger partial charge in [0, 0.05) is 69.5 Å². The minimum Gasteiger partial charge on any atom is -0.384 e. The standard InChI is InChI=1S/C23H17ClN6/c1-29-12-17(14-4-2-3-5-21(14)29)20-10-23-27-19(9-22(25)30(23)28-20)16-11-26-18-7-6-13(24)8-15(16)18/h2-12,26H,25H2,1H3. The molecule has 0 aliphatic rings. The topological polar surface area (TPSA) is 76.9 Å². The Labute approximate surface area is 176 Å². The van der Waals surface area contributed by atoms with Gasteiger partial charge >= 0.3 is 0 Å². The molecule has 6 nitrogen and oxygen atoms in total. The van der Waals surface area contributed by atoms with E-state index in [0.29, 0.717) is 16.5 Å². The number of rotatable bonds is 2. The predicted molar refractivity (Wildman–Crippen MR) is 122 cm³/mol. The van der Waals surface area contributed by atoms with Gasteiger partial charge in [-0.25, -0.2) is 4.98 Å². The summed E-state index contributed by atoms with van der Waals surface area (Å²) in [5, 5.41) is 7.57. The van der Waals surface area contributed by atoms with Crippen LogP contribution in [0.1, 0.15) is 0 Å². The molecule has 0 spiro atoms. The van der Waals surface area contributed by atoms with E-state index in [1.807, 2.05) is 55.7 Å². The lowest BCUT2D eigenvalue weighted by molar-refractivity contribution is 0.951. The zero-order valence-electron chi connectivity index (χ0n) is 16.1. The first-order valence-corrected chi connectivity index (χ1v) is 9.94. The van der Waals surface area contributed by atoms with Crippen molar-refractivity contribution in [2.45, 2.75) is 0 Å². The molecule has 4 aromatic heterocycles. The Hall–Kier alpha value is -3.77. The van der Waals surface area contributed by atoms with Crippen molar-refractivity contribution in [2.24, 2.45) is 7.05 Å². The fourth-order valence-electron chi connectivity index (χ4n) is 4.12. The molecule has 6 aromatic rings. The molecule has 0 atom stereocenters. The zero-order valence-corrected chi connectivity index (χ0v) is 16.9. The second-order valence-electron chi connectivity index (χ2n) is 7.43. The highest BCUT2D eigenvalue weighted by atomic mass is 35.5. The Bertz CT molecular complexity index is 1590. The minimum absolute atomic E-state index is 0.526. The Balaban J connectivity index is 1.55. The monoisotopic (exact) mass is 412 g/mol. The number of H-pyrrole nitrogens is 1. The van der Waals surface area contributed by atoms with Gasteiger partial charge in [0.05, 0.1) is 11.4 Å². The van der Waals surface area contributed by atoms with Crippen molar-refractivity contribution >= 4 is 44.9 Å². The lowest BCUT2D eigenvalue weighted by Gasteiger charge is -2.03. The first-order chi connectivity index (χ1) is 14.6. The van der Waals surface area contributed by atoms with Crippen LogP contribution in [0.3, 0.4) is 0 Å². The normalized spacial score (nSPS) is 11.8. The Morgan fingerprint density at radius 1 is 0.967 bits per heavy atom. The molecule has 0 radical (unpaired) electrons. The van der Waals surface area contributed by atoms with E-state index in [4.69, 9.17) is 27.4 Å². The average Bonchev–Trinajstić information content (AvgIpc) is 3.43. The smallest absolute Gasteiger partial charge is 0.158 e. The maximum atomic E-state index is 6.37. The van der Waals surface area contributed by atoms with Crippen LogP contribution in [0.2, 0.25) is 5.02 Å². The number of anilines is 1. The van der Waals surface area contributed by atoms with Crippen molar-refractivity contribution in [1.29, 1.82) is 0 Å². The lowest BCUT2D eigenvalue weighted by atomic mass is 10.1. The van der Waals surface area contributed by atoms with Crippen molar-refractivity contribution in [3.05, 3.63) is 72.0 Å². The average molecular weight is 413 g/mol.